The molecule has 1 unspecified atom stereocenters. The molecule has 3 nitrogen and oxygen atoms in total. The quantitative estimate of drug-likeness (QED) is 0.792. The van der Waals surface area contributed by atoms with Crippen molar-refractivity contribution in [1.29, 1.82) is 0 Å². The van der Waals surface area contributed by atoms with Crippen molar-refractivity contribution in [2.75, 3.05) is 18.0 Å². The maximum Gasteiger partial charge on any atom is 0.0562 e. The van der Waals surface area contributed by atoms with E-state index in [-0.39, 0.29) is 0 Å². The van der Waals surface area contributed by atoms with Crippen LogP contribution in [0.1, 0.15) is 38.8 Å². The zero-order valence-electron chi connectivity index (χ0n) is 10.9. The third-order valence-corrected chi connectivity index (χ3v) is 3.42. The summed E-state index contributed by atoms with van der Waals surface area (Å²) in [6.07, 6.45) is 5.73. The van der Waals surface area contributed by atoms with E-state index in [0.29, 0.717) is 6.04 Å². The van der Waals surface area contributed by atoms with Crippen molar-refractivity contribution < 1.29 is 0 Å². The zero-order chi connectivity index (χ0) is 12.1. The largest absolute Gasteiger partial charge is 0.369 e. The van der Waals surface area contributed by atoms with Gasteiger partial charge in [0.05, 0.1) is 5.69 Å². The van der Waals surface area contributed by atoms with Crippen molar-refractivity contribution in [3.05, 3.63) is 24.0 Å². The highest BCUT2D eigenvalue weighted by molar-refractivity contribution is 5.48. The Labute approximate surface area is 104 Å². The molecule has 1 atom stereocenters. The first-order valence-electron chi connectivity index (χ1n) is 6.73. The molecule has 1 saturated heterocycles. The van der Waals surface area contributed by atoms with E-state index in [2.05, 4.69) is 41.2 Å². The van der Waals surface area contributed by atoms with E-state index in [0.717, 1.165) is 18.8 Å². The first kappa shape index (κ1) is 12.4. The Hall–Kier alpha value is -1.09. The number of rotatable bonds is 5. The number of nitrogens with one attached hydrogen (secondary N) is 1. The zero-order valence-corrected chi connectivity index (χ0v) is 10.9. The molecule has 0 amide bonds. The van der Waals surface area contributed by atoms with Gasteiger partial charge < -0.3 is 10.2 Å². The van der Waals surface area contributed by atoms with Gasteiger partial charge in [0.2, 0.25) is 0 Å². The van der Waals surface area contributed by atoms with Crippen LogP contribution in [0.15, 0.2) is 18.3 Å². The van der Waals surface area contributed by atoms with Gasteiger partial charge in [0.25, 0.3) is 0 Å². The summed E-state index contributed by atoms with van der Waals surface area (Å²) in [6, 6.07) is 5.03. The van der Waals surface area contributed by atoms with Crippen LogP contribution in [-0.4, -0.2) is 24.1 Å². The van der Waals surface area contributed by atoms with Crippen LogP contribution in [0.4, 0.5) is 5.69 Å². The highest BCUT2D eigenvalue weighted by Gasteiger charge is 2.20. The predicted molar refractivity (Wildman–Crippen MR) is 72.3 cm³/mol. The van der Waals surface area contributed by atoms with E-state index in [1.807, 2.05) is 6.20 Å². The number of anilines is 1. The number of hydrogen-bond donors (Lipinski definition) is 1. The van der Waals surface area contributed by atoms with Gasteiger partial charge in [0, 0.05) is 31.0 Å². The molecule has 1 fully saturated rings. The summed E-state index contributed by atoms with van der Waals surface area (Å²) in [4.78, 5) is 6.91. The van der Waals surface area contributed by atoms with E-state index in [1.54, 1.807) is 0 Å². The standard InChI is InChI=1S/C14H23N3/c1-3-7-15-11-13-10-14(6-8-16-13)17-9-4-5-12(17)2/h6,8,10,12,15H,3-5,7,9,11H2,1-2H3. The average Bonchev–Trinajstić information content (AvgIpc) is 2.76. The maximum absolute atomic E-state index is 4.42. The van der Waals surface area contributed by atoms with Crippen molar-refractivity contribution >= 4 is 5.69 Å². The Bertz CT molecular complexity index is 351. The lowest BCUT2D eigenvalue weighted by molar-refractivity contribution is 0.663. The summed E-state index contributed by atoms with van der Waals surface area (Å²) in [5.41, 5.74) is 2.48. The molecule has 0 aliphatic carbocycles. The molecule has 2 heterocycles. The Kier molecular flexibility index (Phi) is 4.37. The first-order valence-corrected chi connectivity index (χ1v) is 6.73. The van der Waals surface area contributed by atoms with Gasteiger partial charge in [-0.1, -0.05) is 6.92 Å². The lowest BCUT2D eigenvalue weighted by atomic mass is 10.2. The number of pyridine rings is 1. The van der Waals surface area contributed by atoms with Crippen LogP contribution in [0.5, 0.6) is 0 Å². The van der Waals surface area contributed by atoms with E-state index >= 15 is 0 Å². The van der Waals surface area contributed by atoms with Gasteiger partial charge in [-0.3, -0.25) is 4.98 Å². The number of hydrogen-bond acceptors (Lipinski definition) is 3. The highest BCUT2D eigenvalue weighted by Crippen LogP contribution is 2.25. The van der Waals surface area contributed by atoms with Crippen LogP contribution in [0.2, 0.25) is 0 Å². The van der Waals surface area contributed by atoms with E-state index in [4.69, 9.17) is 0 Å². The molecule has 94 valence electrons. The molecule has 1 aromatic heterocycles. The maximum atomic E-state index is 4.42. The Morgan fingerprint density at radius 1 is 1.53 bits per heavy atom. The molecule has 1 aromatic rings. The van der Waals surface area contributed by atoms with Crippen molar-refractivity contribution in [1.82, 2.24) is 10.3 Å². The van der Waals surface area contributed by atoms with E-state index < -0.39 is 0 Å². The summed E-state index contributed by atoms with van der Waals surface area (Å²) in [6.45, 7) is 7.62. The van der Waals surface area contributed by atoms with Gasteiger partial charge in [-0.05, 0) is 44.9 Å². The fourth-order valence-electron chi connectivity index (χ4n) is 2.45. The monoisotopic (exact) mass is 233 g/mol. The van der Waals surface area contributed by atoms with Gasteiger partial charge in [0.15, 0.2) is 0 Å². The molecule has 0 spiro atoms. The lowest BCUT2D eigenvalue weighted by Crippen LogP contribution is -2.26. The van der Waals surface area contributed by atoms with Gasteiger partial charge in [-0.25, -0.2) is 0 Å². The summed E-state index contributed by atoms with van der Waals surface area (Å²) < 4.78 is 0. The van der Waals surface area contributed by atoms with E-state index in [9.17, 15) is 0 Å². The van der Waals surface area contributed by atoms with Crippen LogP contribution < -0.4 is 10.2 Å². The molecular formula is C14H23N3. The van der Waals surface area contributed by atoms with Crippen LogP contribution >= 0.6 is 0 Å². The minimum Gasteiger partial charge on any atom is -0.369 e. The Morgan fingerprint density at radius 2 is 2.41 bits per heavy atom. The first-order chi connectivity index (χ1) is 8.31. The third-order valence-electron chi connectivity index (χ3n) is 3.42. The average molecular weight is 233 g/mol. The van der Waals surface area contributed by atoms with Crippen LogP contribution in [0.3, 0.4) is 0 Å². The molecule has 2 rings (SSSR count). The van der Waals surface area contributed by atoms with Gasteiger partial charge in [-0.15, -0.1) is 0 Å². The molecule has 0 radical (unpaired) electrons. The third kappa shape index (κ3) is 3.19. The van der Waals surface area contributed by atoms with Crippen molar-refractivity contribution in [2.45, 2.75) is 45.7 Å². The second kappa shape index (κ2) is 6.01. The highest BCUT2D eigenvalue weighted by atomic mass is 15.2. The summed E-state index contributed by atoms with van der Waals surface area (Å²) in [5.74, 6) is 0. The van der Waals surface area contributed by atoms with Gasteiger partial charge in [0.1, 0.15) is 0 Å². The topological polar surface area (TPSA) is 28.2 Å². The second-order valence-corrected chi connectivity index (χ2v) is 4.87. The smallest absolute Gasteiger partial charge is 0.0562 e. The summed E-state index contributed by atoms with van der Waals surface area (Å²) in [7, 11) is 0. The molecule has 0 bridgehead atoms. The predicted octanol–water partition coefficient (Wildman–Crippen LogP) is 2.57. The molecule has 0 aromatic carbocycles. The molecule has 3 heteroatoms. The molecule has 17 heavy (non-hydrogen) atoms. The minimum absolute atomic E-state index is 0.675. The summed E-state index contributed by atoms with van der Waals surface area (Å²) >= 11 is 0. The van der Waals surface area contributed by atoms with Crippen LogP contribution in [0.25, 0.3) is 0 Å². The van der Waals surface area contributed by atoms with Crippen LogP contribution in [-0.2, 0) is 6.54 Å². The van der Waals surface area contributed by atoms with Crippen molar-refractivity contribution in [2.24, 2.45) is 0 Å². The molecule has 0 saturated carbocycles. The fourth-order valence-corrected chi connectivity index (χ4v) is 2.45. The van der Waals surface area contributed by atoms with Crippen LogP contribution in [0, 0.1) is 0 Å². The van der Waals surface area contributed by atoms with Gasteiger partial charge in [-0.2, -0.15) is 0 Å². The normalized spacial score (nSPS) is 19.9. The second-order valence-electron chi connectivity index (χ2n) is 4.87. The molecule has 1 N–H and O–H groups in total. The Morgan fingerprint density at radius 3 is 3.12 bits per heavy atom. The molecular weight excluding hydrogens is 210 g/mol. The van der Waals surface area contributed by atoms with Gasteiger partial charge >= 0.3 is 0 Å². The minimum atomic E-state index is 0.675. The van der Waals surface area contributed by atoms with Crippen molar-refractivity contribution in [3.63, 3.8) is 0 Å². The molecule has 1 aliphatic heterocycles. The fraction of sp³-hybridized carbons (Fsp3) is 0.643. The SMILES string of the molecule is CCCNCc1cc(N2CCCC2C)ccn1. The summed E-state index contributed by atoms with van der Waals surface area (Å²) in [5, 5.41) is 3.40. The Balaban J connectivity index is 2.00. The van der Waals surface area contributed by atoms with Crippen molar-refractivity contribution in [3.8, 4) is 0 Å². The number of nitrogens with zero attached hydrogens (tertiary/aromatic N) is 2. The lowest BCUT2D eigenvalue weighted by Gasteiger charge is -2.24. The van der Waals surface area contributed by atoms with E-state index in [1.165, 1.54) is 31.5 Å². The number of aromatic nitrogens is 1. The molecule has 1 aliphatic rings.